The van der Waals surface area contributed by atoms with E-state index in [1.165, 1.54) is 11.3 Å². The van der Waals surface area contributed by atoms with Crippen LogP contribution in [0.2, 0.25) is 0 Å². The monoisotopic (exact) mass is 403 g/mol. The average Bonchev–Trinajstić information content (AvgIpc) is 3.20. The largest absolute Gasteiger partial charge is 0.482 e. The molecule has 1 fully saturated rings. The standard InChI is InChI=1S/C20H21NO6S/c22-17(13-27-20(24)14-26-15-4-2-1-3-5-15)18-7-6-16(28-18)12-19(23)21-8-10-25-11-9-21/h1-7H,8-14H2. The minimum absolute atomic E-state index is 0.0219. The van der Waals surface area contributed by atoms with E-state index in [-0.39, 0.29) is 31.3 Å². The van der Waals surface area contributed by atoms with E-state index < -0.39 is 5.97 Å². The van der Waals surface area contributed by atoms with Gasteiger partial charge < -0.3 is 19.1 Å². The molecule has 0 radical (unpaired) electrons. The number of ketones is 1. The Hall–Kier alpha value is -2.71. The molecule has 1 aromatic heterocycles. The Balaban J connectivity index is 1.42. The zero-order valence-electron chi connectivity index (χ0n) is 15.3. The van der Waals surface area contributed by atoms with Gasteiger partial charge in [-0.2, -0.15) is 0 Å². The van der Waals surface area contributed by atoms with Crippen LogP contribution in [0.1, 0.15) is 14.5 Å². The van der Waals surface area contributed by atoms with Gasteiger partial charge in [0.1, 0.15) is 5.75 Å². The lowest BCUT2D eigenvalue weighted by molar-refractivity contribution is -0.144. The van der Waals surface area contributed by atoms with Crippen molar-refractivity contribution in [1.29, 1.82) is 0 Å². The fraction of sp³-hybridized carbons (Fsp3) is 0.350. The lowest BCUT2D eigenvalue weighted by Crippen LogP contribution is -2.41. The van der Waals surface area contributed by atoms with Crippen molar-refractivity contribution in [2.24, 2.45) is 0 Å². The maximum atomic E-state index is 12.3. The van der Waals surface area contributed by atoms with E-state index in [1.807, 2.05) is 6.07 Å². The van der Waals surface area contributed by atoms with Crippen LogP contribution in [0.3, 0.4) is 0 Å². The van der Waals surface area contributed by atoms with E-state index in [0.29, 0.717) is 36.9 Å². The number of benzene rings is 1. The highest BCUT2D eigenvalue weighted by Gasteiger charge is 2.19. The molecule has 0 aliphatic carbocycles. The van der Waals surface area contributed by atoms with Gasteiger partial charge in [0.25, 0.3) is 0 Å². The number of Topliss-reactive ketones (excluding diaryl/α,β-unsaturated/α-hetero) is 1. The van der Waals surface area contributed by atoms with E-state index in [1.54, 1.807) is 41.3 Å². The van der Waals surface area contributed by atoms with Crippen molar-refractivity contribution >= 4 is 29.0 Å². The van der Waals surface area contributed by atoms with Crippen molar-refractivity contribution in [2.45, 2.75) is 6.42 Å². The molecule has 148 valence electrons. The second-order valence-electron chi connectivity index (χ2n) is 6.12. The Bertz CT molecular complexity index is 813. The van der Waals surface area contributed by atoms with Crippen LogP contribution < -0.4 is 4.74 Å². The highest BCUT2D eigenvalue weighted by atomic mass is 32.1. The zero-order valence-corrected chi connectivity index (χ0v) is 16.1. The predicted molar refractivity (Wildman–Crippen MR) is 103 cm³/mol. The van der Waals surface area contributed by atoms with Crippen molar-refractivity contribution < 1.29 is 28.6 Å². The highest BCUT2D eigenvalue weighted by molar-refractivity contribution is 7.14. The Morgan fingerprint density at radius 1 is 1.00 bits per heavy atom. The normalized spacial score (nSPS) is 13.8. The summed E-state index contributed by atoms with van der Waals surface area (Å²) in [5.41, 5.74) is 0. The van der Waals surface area contributed by atoms with Crippen LogP contribution in [0, 0.1) is 0 Å². The van der Waals surface area contributed by atoms with Gasteiger partial charge in [-0.3, -0.25) is 9.59 Å². The first-order chi connectivity index (χ1) is 13.6. The number of thiophene rings is 1. The van der Waals surface area contributed by atoms with Crippen molar-refractivity contribution in [3.63, 3.8) is 0 Å². The van der Waals surface area contributed by atoms with Gasteiger partial charge in [-0.25, -0.2) is 4.79 Å². The van der Waals surface area contributed by atoms with E-state index in [2.05, 4.69) is 0 Å². The SMILES string of the molecule is O=C(COc1ccccc1)OCC(=O)c1ccc(CC(=O)N2CCOCC2)s1. The van der Waals surface area contributed by atoms with Gasteiger partial charge in [-0.05, 0) is 24.3 Å². The Morgan fingerprint density at radius 3 is 2.50 bits per heavy atom. The molecule has 1 saturated heterocycles. The second kappa shape index (κ2) is 10.0. The fourth-order valence-electron chi connectivity index (χ4n) is 2.61. The van der Waals surface area contributed by atoms with E-state index >= 15 is 0 Å². The first-order valence-corrected chi connectivity index (χ1v) is 9.74. The Kier molecular flexibility index (Phi) is 7.16. The maximum absolute atomic E-state index is 12.3. The lowest BCUT2D eigenvalue weighted by atomic mass is 10.2. The van der Waals surface area contributed by atoms with E-state index in [9.17, 15) is 14.4 Å². The summed E-state index contributed by atoms with van der Waals surface area (Å²) < 4.78 is 15.5. The van der Waals surface area contributed by atoms with Crippen molar-refractivity contribution in [2.75, 3.05) is 39.5 Å². The molecule has 1 aliphatic heterocycles. The topological polar surface area (TPSA) is 82.1 Å². The molecule has 1 aromatic carbocycles. The van der Waals surface area contributed by atoms with Crippen LogP contribution in [0.4, 0.5) is 0 Å². The third-order valence-electron chi connectivity index (χ3n) is 4.09. The summed E-state index contributed by atoms with van der Waals surface area (Å²) in [6.45, 7) is 1.68. The van der Waals surface area contributed by atoms with Gasteiger partial charge in [-0.1, -0.05) is 18.2 Å². The molecular weight excluding hydrogens is 382 g/mol. The van der Waals surface area contributed by atoms with Gasteiger partial charge in [0, 0.05) is 18.0 Å². The number of hydrogen-bond donors (Lipinski definition) is 0. The van der Waals surface area contributed by atoms with Crippen molar-refractivity contribution in [3.8, 4) is 5.75 Å². The molecule has 3 rings (SSSR count). The summed E-state index contributed by atoms with van der Waals surface area (Å²) >= 11 is 1.24. The minimum atomic E-state index is -0.614. The first kappa shape index (κ1) is 20.0. The molecule has 1 aliphatic rings. The van der Waals surface area contributed by atoms with Gasteiger partial charge >= 0.3 is 5.97 Å². The summed E-state index contributed by atoms with van der Waals surface area (Å²) in [6.07, 6.45) is 0.253. The number of amides is 1. The molecule has 0 bridgehead atoms. The van der Waals surface area contributed by atoms with Gasteiger partial charge in [0.2, 0.25) is 11.7 Å². The van der Waals surface area contributed by atoms with Crippen LogP contribution in [0.5, 0.6) is 5.75 Å². The number of ether oxygens (including phenoxy) is 3. The third-order valence-corrected chi connectivity index (χ3v) is 5.22. The maximum Gasteiger partial charge on any atom is 0.344 e. The molecule has 7 nitrogen and oxygen atoms in total. The fourth-order valence-corrected chi connectivity index (χ4v) is 3.54. The van der Waals surface area contributed by atoms with Crippen LogP contribution in [0.25, 0.3) is 0 Å². The molecule has 1 amide bonds. The Morgan fingerprint density at radius 2 is 1.75 bits per heavy atom. The number of para-hydroxylation sites is 1. The number of rotatable bonds is 8. The smallest absolute Gasteiger partial charge is 0.344 e. The van der Waals surface area contributed by atoms with Gasteiger partial charge in [0.15, 0.2) is 13.2 Å². The number of morpholine rings is 1. The minimum Gasteiger partial charge on any atom is -0.482 e. The Labute approximate surface area is 166 Å². The molecule has 0 saturated carbocycles. The summed E-state index contributed by atoms with van der Waals surface area (Å²) in [6, 6.07) is 12.3. The summed E-state index contributed by atoms with van der Waals surface area (Å²) in [5, 5.41) is 0. The van der Waals surface area contributed by atoms with E-state index in [0.717, 1.165) is 4.88 Å². The molecule has 0 spiro atoms. The van der Waals surface area contributed by atoms with Crippen LogP contribution in [-0.4, -0.2) is 62.1 Å². The molecule has 28 heavy (non-hydrogen) atoms. The van der Waals surface area contributed by atoms with Crippen molar-refractivity contribution in [1.82, 2.24) is 4.90 Å². The first-order valence-electron chi connectivity index (χ1n) is 8.93. The van der Waals surface area contributed by atoms with Gasteiger partial charge in [-0.15, -0.1) is 11.3 Å². The summed E-state index contributed by atoms with van der Waals surface area (Å²) in [4.78, 5) is 39.2. The third kappa shape index (κ3) is 5.90. The molecule has 2 aromatic rings. The quantitative estimate of drug-likeness (QED) is 0.495. The lowest BCUT2D eigenvalue weighted by Gasteiger charge is -2.26. The second-order valence-corrected chi connectivity index (χ2v) is 7.29. The summed E-state index contributed by atoms with van der Waals surface area (Å²) in [7, 11) is 0. The van der Waals surface area contributed by atoms with E-state index in [4.69, 9.17) is 14.2 Å². The van der Waals surface area contributed by atoms with Crippen LogP contribution >= 0.6 is 11.3 Å². The number of esters is 1. The molecule has 0 unspecified atom stereocenters. The number of carbonyl (C=O) groups is 3. The zero-order chi connectivity index (χ0) is 19.8. The molecule has 0 N–H and O–H groups in total. The van der Waals surface area contributed by atoms with Crippen molar-refractivity contribution in [3.05, 3.63) is 52.2 Å². The molecule has 2 heterocycles. The number of hydrogen-bond acceptors (Lipinski definition) is 7. The summed E-state index contributed by atoms with van der Waals surface area (Å²) in [5.74, 6) is -0.341. The number of nitrogens with zero attached hydrogens (tertiary/aromatic N) is 1. The predicted octanol–water partition coefficient (Wildman–Crippen LogP) is 1.95. The van der Waals surface area contributed by atoms with Gasteiger partial charge in [0.05, 0.1) is 24.5 Å². The average molecular weight is 403 g/mol. The molecular formula is C20H21NO6S. The highest BCUT2D eigenvalue weighted by Crippen LogP contribution is 2.19. The molecule has 8 heteroatoms. The van der Waals surface area contributed by atoms with Crippen LogP contribution in [-0.2, 0) is 25.5 Å². The van der Waals surface area contributed by atoms with Crippen LogP contribution in [0.15, 0.2) is 42.5 Å². The molecule has 0 atom stereocenters. The number of carbonyl (C=O) groups excluding carboxylic acids is 3.